The van der Waals surface area contributed by atoms with Crippen LogP contribution in [0.5, 0.6) is 0 Å². The van der Waals surface area contributed by atoms with Crippen LogP contribution in [0.25, 0.3) is 0 Å². The zero-order valence-electron chi connectivity index (χ0n) is 4.89. The van der Waals surface area contributed by atoms with Gasteiger partial charge in [0.1, 0.15) is 0 Å². The first-order valence-corrected chi connectivity index (χ1v) is 2.78. The third kappa shape index (κ3) is 1.85. The van der Waals surface area contributed by atoms with E-state index in [0.717, 1.165) is 12.5 Å². The third-order valence-electron chi connectivity index (χ3n) is 1.38. The van der Waals surface area contributed by atoms with E-state index in [0.29, 0.717) is 0 Å². The van der Waals surface area contributed by atoms with Gasteiger partial charge < -0.3 is 5.32 Å². The number of nitrogens with one attached hydrogen (secondary N) is 1. The van der Waals surface area contributed by atoms with Crippen molar-refractivity contribution < 1.29 is 0 Å². The molecule has 0 saturated carbocycles. The molecule has 0 amide bonds. The fourth-order valence-electron chi connectivity index (χ4n) is 0.751. The summed E-state index contributed by atoms with van der Waals surface area (Å²) in [6, 6.07) is 0.762. The molecule has 1 unspecified atom stereocenters. The van der Waals surface area contributed by atoms with Crippen molar-refractivity contribution >= 4 is 12.4 Å². The minimum atomic E-state index is 0. The number of hydrogen-bond donors (Lipinski definition) is 1. The Morgan fingerprint density at radius 3 is 2.50 bits per heavy atom. The molecule has 1 heterocycles. The van der Waals surface area contributed by atoms with Crippen molar-refractivity contribution in [3.63, 3.8) is 0 Å². The van der Waals surface area contributed by atoms with Gasteiger partial charge in [-0.15, -0.1) is 19.0 Å². The van der Waals surface area contributed by atoms with Crippen molar-refractivity contribution in [1.82, 2.24) is 5.32 Å². The van der Waals surface area contributed by atoms with Crippen LogP contribution in [-0.2, 0) is 0 Å². The Balaban J connectivity index is 0.000000490. The molecule has 2 heteroatoms. The second-order valence-corrected chi connectivity index (χ2v) is 1.96. The molecular formula is C6H12ClN. The first kappa shape index (κ1) is 7.99. The van der Waals surface area contributed by atoms with Gasteiger partial charge in [-0.25, -0.2) is 0 Å². The maximum Gasteiger partial charge on any atom is 0.0114 e. The Hall–Kier alpha value is -0.0100. The SMILES string of the molecule is C=CCC1CCN1.Cl. The van der Waals surface area contributed by atoms with Crippen molar-refractivity contribution in [3.05, 3.63) is 12.7 Å². The van der Waals surface area contributed by atoms with Crippen LogP contribution in [0.15, 0.2) is 12.7 Å². The van der Waals surface area contributed by atoms with E-state index in [1.807, 2.05) is 6.08 Å². The second kappa shape index (κ2) is 3.93. The standard InChI is InChI=1S/C6H11N.ClH/c1-2-3-6-4-5-7-6;/h2,6-7H,1,3-5H2;1H. The highest BCUT2D eigenvalue weighted by Gasteiger charge is 2.12. The average Bonchev–Trinajstić information content (AvgIpc) is 1.55. The van der Waals surface area contributed by atoms with Crippen LogP contribution in [0.1, 0.15) is 12.8 Å². The lowest BCUT2D eigenvalue weighted by molar-refractivity contribution is 0.374. The Morgan fingerprint density at radius 2 is 2.38 bits per heavy atom. The third-order valence-corrected chi connectivity index (χ3v) is 1.38. The molecule has 0 aromatic carbocycles. The van der Waals surface area contributed by atoms with Crippen LogP contribution < -0.4 is 5.32 Å². The molecule has 1 aliphatic rings. The minimum absolute atomic E-state index is 0. The molecule has 1 saturated heterocycles. The smallest absolute Gasteiger partial charge is 0.0114 e. The lowest BCUT2D eigenvalue weighted by Crippen LogP contribution is -2.42. The van der Waals surface area contributed by atoms with Gasteiger partial charge in [0.15, 0.2) is 0 Å². The van der Waals surface area contributed by atoms with Crippen LogP contribution in [0.3, 0.4) is 0 Å². The van der Waals surface area contributed by atoms with E-state index in [1.165, 1.54) is 13.0 Å². The predicted octanol–water partition coefficient (Wildman–Crippen LogP) is 1.35. The molecule has 1 rings (SSSR count). The van der Waals surface area contributed by atoms with Crippen LogP contribution in [0.4, 0.5) is 0 Å². The average molecular weight is 134 g/mol. The van der Waals surface area contributed by atoms with E-state index in [1.54, 1.807) is 0 Å². The minimum Gasteiger partial charge on any atom is -0.314 e. The van der Waals surface area contributed by atoms with E-state index in [2.05, 4.69) is 11.9 Å². The molecule has 0 aromatic heterocycles. The molecule has 1 aliphatic heterocycles. The fraction of sp³-hybridized carbons (Fsp3) is 0.667. The lowest BCUT2D eigenvalue weighted by Gasteiger charge is -2.25. The highest BCUT2D eigenvalue weighted by Crippen LogP contribution is 2.05. The number of rotatable bonds is 2. The molecule has 1 atom stereocenters. The zero-order valence-corrected chi connectivity index (χ0v) is 5.71. The van der Waals surface area contributed by atoms with Crippen LogP contribution in [0.2, 0.25) is 0 Å². The first-order valence-electron chi connectivity index (χ1n) is 2.78. The summed E-state index contributed by atoms with van der Waals surface area (Å²) in [5.41, 5.74) is 0. The van der Waals surface area contributed by atoms with Crippen molar-refractivity contribution in [1.29, 1.82) is 0 Å². The van der Waals surface area contributed by atoms with E-state index < -0.39 is 0 Å². The Bertz CT molecular complexity index is 68.9. The highest BCUT2D eigenvalue weighted by molar-refractivity contribution is 5.85. The summed E-state index contributed by atoms with van der Waals surface area (Å²) < 4.78 is 0. The summed E-state index contributed by atoms with van der Waals surface area (Å²) in [4.78, 5) is 0. The Kier molecular flexibility index (Phi) is 3.92. The van der Waals surface area contributed by atoms with E-state index >= 15 is 0 Å². The molecule has 1 fully saturated rings. The van der Waals surface area contributed by atoms with Gasteiger partial charge in [0.2, 0.25) is 0 Å². The van der Waals surface area contributed by atoms with Crippen LogP contribution in [-0.4, -0.2) is 12.6 Å². The second-order valence-electron chi connectivity index (χ2n) is 1.96. The van der Waals surface area contributed by atoms with Gasteiger partial charge in [0.05, 0.1) is 0 Å². The highest BCUT2D eigenvalue weighted by atomic mass is 35.5. The summed E-state index contributed by atoms with van der Waals surface area (Å²) in [7, 11) is 0. The fourth-order valence-corrected chi connectivity index (χ4v) is 0.751. The van der Waals surface area contributed by atoms with Gasteiger partial charge in [-0.2, -0.15) is 0 Å². The quantitative estimate of drug-likeness (QED) is 0.561. The normalized spacial score (nSPS) is 25.2. The topological polar surface area (TPSA) is 12.0 Å². The van der Waals surface area contributed by atoms with Gasteiger partial charge in [-0.05, 0) is 19.4 Å². The van der Waals surface area contributed by atoms with Gasteiger partial charge >= 0.3 is 0 Å². The van der Waals surface area contributed by atoms with Crippen molar-refractivity contribution in [3.8, 4) is 0 Å². The van der Waals surface area contributed by atoms with Crippen LogP contribution >= 0.6 is 12.4 Å². The number of halogens is 1. The van der Waals surface area contributed by atoms with Crippen molar-refractivity contribution in [2.24, 2.45) is 0 Å². The first-order chi connectivity index (χ1) is 3.43. The van der Waals surface area contributed by atoms with Gasteiger partial charge in [-0.1, -0.05) is 6.08 Å². The van der Waals surface area contributed by atoms with E-state index in [4.69, 9.17) is 0 Å². The van der Waals surface area contributed by atoms with Gasteiger partial charge in [0, 0.05) is 6.04 Å². The summed E-state index contributed by atoms with van der Waals surface area (Å²) in [6.45, 7) is 4.85. The molecule has 8 heavy (non-hydrogen) atoms. The molecule has 0 spiro atoms. The maximum absolute atomic E-state index is 3.64. The predicted molar refractivity (Wildman–Crippen MR) is 38.5 cm³/mol. The summed E-state index contributed by atoms with van der Waals surface area (Å²) in [6.07, 6.45) is 4.45. The summed E-state index contributed by atoms with van der Waals surface area (Å²) in [5.74, 6) is 0. The molecular weight excluding hydrogens is 122 g/mol. The summed E-state index contributed by atoms with van der Waals surface area (Å²) >= 11 is 0. The van der Waals surface area contributed by atoms with E-state index in [9.17, 15) is 0 Å². The number of hydrogen-bond acceptors (Lipinski definition) is 1. The summed E-state index contributed by atoms with van der Waals surface area (Å²) in [5, 5.41) is 3.28. The molecule has 0 bridgehead atoms. The Labute approximate surface area is 56.6 Å². The van der Waals surface area contributed by atoms with Gasteiger partial charge in [-0.3, -0.25) is 0 Å². The largest absolute Gasteiger partial charge is 0.314 e. The Morgan fingerprint density at radius 1 is 1.75 bits per heavy atom. The monoisotopic (exact) mass is 133 g/mol. The van der Waals surface area contributed by atoms with E-state index in [-0.39, 0.29) is 12.4 Å². The van der Waals surface area contributed by atoms with Crippen LogP contribution in [0, 0.1) is 0 Å². The molecule has 48 valence electrons. The maximum atomic E-state index is 3.64. The zero-order chi connectivity index (χ0) is 5.11. The molecule has 0 aliphatic carbocycles. The molecule has 1 N–H and O–H groups in total. The van der Waals surface area contributed by atoms with Crippen molar-refractivity contribution in [2.75, 3.05) is 6.54 Å². The molecule has 1 nitrogen and oxygen atoms in total. The van der Waals surface area contributed by atoms with Gasteiger partial charge in [0.25, 0.3) is 0 Å². The molecule has 0 aromatic rings. The molecule has 0 radical (unpaired) electrons. The van der Waals surface area contributed by atoms with Crippen molar-refractivity contribution in [2.45, 2.75) is 18.9 Å². The lowest BCUT2D eigenvalue weighted by atomic mass is 10.0.